The summed E-state index contributed by atoms with van der Waals surface area (Å²) in [6.07, 6.45) is 3.85. The number of nitrogens with zero attached hydrogens (tertiary/aromatic N) is 1. The van der Waals surface area contributed by atoms with Gasteiger partial charge >= 0.3 is 0 Å². The molecule has 4 rings (SSSR count). The highest BCUT2D eigenvalue weighted by atomic mass is 16.5. The monoisotopic (exact) mass is 441 g/mol. The molecule has 0 spiro atoms. The molecule has 0 aliphatic carbocycles. The van der Waals surface area contributed by atoms with E-state index in [9.17, 15) is 5.11 Å². The Labute approximate surface area is 198 Å². The molecule has 3 nitrogen and oxygen atoms in total. The Balaban J connectivity index is 1.62. The number of allylic oxidation sites excluding steroid dienone is 1. The van der Waals surface area contributed by atoms with Gasteiger partial charge in [-0.25, -0.2) is 0 Å². The fraction of sp³-hybridized carbons (Fsp3) is 0.333. The molecule has 172 valence electrons. The van der Waals surface area contributed by atoms with Crippen molar-refractivity contribution in [1.29, 1.82) is 0 Å². The van der Waals surface area contributed by atoms with Crippen molar-refractivity contribution in [2.75, 3.05) is 26.8 Å². The fourth-order valence-corrected chi connectivity index (χ4v) is 4.37. The highest BCUT2D eigenvalue weighted by Gasteiger charge is 2.28. The lowest BCUT2D eigenvalue weighted by Crippen LogP contribution is -2.02. The van der Waals surface area contributed by atoms with Gasteiger partial charge in [0.15, 0.2) is 0 Å². The smallest absolute Gasteiger partial charge is 0.119 e. The minimum Gasteiger partial charge on any atom is -0.494 e. The Morgan fingerprint density at radius 2 is 1.52 bits per heavy atom. The van der Waals surface area contributed by atoms with Crippen molar-refractivity contribution in [1.82, 2.24) is 4.90 Å². The maximum atomic E-state index is 9.57. The molecule has 33 heavy (non-hydrogen) atoms. The summed E-state index contributed by atoms with van der Waals surface area (Å²) >= 11 is 0. The summed E-state index contributed by atoms with van der Waals surface area (Å²) < 4.78 is 6.02. The summed E-state index contributed by atoms with van der Waals surface area (Å²) in [6, 6.07) is 28.5. The van der Waals surface area contributed by atoms with Crippen LogP contribution in [0.2, 0.25) is 0 Å². The molecule has 0 aromatic heterocycles. The van der Waals surface area contributed by atoms with Crippen molar-refractivity contribution >= 4 is 11.1 Å². The second-order valence-corrected chi connectivity index (χ2v) is 9.02. The summed E-state index contributed by atoms with van der Waals surface area (Å²) in [5, 5.41) is 9.57. The number of aliphatic hydroxyl groups is 1. The van der Waals surface area contributed by atoms with Crippen LogP contribution in [0.1, 0.15) is 47.9 Å². The zero-order chi connectivity index (χ0) is 23.0. The molecule has 2 atom stereocenters. The standard InChI is InChI=1S/C30H35NO2/c1-23-12-14-25(15-13-23)30(29(11-6-20-32)24-8-4-3-5-9-24)26-16-18-28(19-17-26)33-21-7-10-27-22-31(27)2/h3-5,8-9,12-19,27,32H,6-7,10-11,20-22H2,1-2H3/b30-29-. The first-order valence-electron chi connectivity index (χ1n) is 12.1. The second kappa shape index (κ2) is 11.3. The van der Waals surface area contributed by atoms with Crippen LogP contribution in [0.4, 0.5) is 0 Å². The largest absolute Gasteiger partial charge is 0.494 e. The molecule has 0 bridgehead atoms. The van der Waals surface area contributed by atoms with Crippen LogP contribution in [-0.2, 0) is 0 Å². The lowest BCUT2D eigenvalue weighted by molar-refractivity contribution is 0.290. The third-order valence-electron chi connectivity index (χ3n) is 6.43. The molecule has 1 saturated heterocycles. The molecular formula is C30H35NO2. The molecular weight excluding hydrogens is 406 g/mol. The van der Waals surface area contributed by atoms with Gasteiger partial charge in [0.2, 0.25) is 0 Å². The molecule has 3 heteroatoms. The lowest BCUT2D eigenvalue weighted by Gasteiger charge is -2.18. The topological polar surface area (TPSA) is 32.5 Å². The lowest BCUT2D eigenvalue weighted by atomic mass is 9.87. The third-order valence-corrected chi connectivity index (χ3v) is 6.43. The number of hydrogen-bond acceptors (Lipinski definition) is 3. The molecule has 1 fully saturated rings. The van der Waals surface area contributed by atoms with Gasteiger partial charge in [-0.3, -0.25) is 0 Å². The van der Waals surface area contributed by atoms with E-state index in [0.717, 1.165) is 37.7 Å². The molecule has 0 saturated carbocycles. The predicted octanol–water partition coefficient (Wildman–Crippen LogP) is 6.20. The van der Waals surface area contributed by atoms with Gasteiger partial charge in [-0.15, -0.1) is 0 Å². The Kier molecular flexibility index (Phi) is 7.98. The number of hydrogen-bond donors (Lipinski definition) is 1. The fourth-order valence-electron chi connectivity index (χ4n) is 4.37. The Morgan fingerprint density at radius 3 is 2.12 bits per heavy atom. The SMILES string of the molecule is Cc1ccc(/C(=C(\CCCO)c2ccccc2)c2ccc(OCCCC3CN3C)cc2)cc1. The van der Waals surface area contributed by atoms with Gasteiger partial charge in [0, 0.05) is 19.2 Å². The van der Waals surface area contributed by atoms with Crippen LogP contribution in [0.5, 0.6) is 5.75 Å². The average molecular weight is 442 g/mol. The van der Waals surface area contributed by atoms with Crippen molar-refractivity contribution in [3.63, 3.8) is 0 Å². The number of aryl methyl sites for hydroxylation is 1. The van der Waals surface area contributed by atoms with E-state index in [2.05, 4.69) is 91.7 Å². The minimum atomic E-state index is 0.181. The van der Waals surface area contributed by atoms with E-state index in [0.29, 0.717) is 0 Å². The summed E-state index contributed by atoms with van der Waals surface area (Å²) in [7, 11) is 2.17. The van der Waals surface area contributed by atoms with Crippen molar-refractivity contribution in [3.8, 4) is 5.75 Å². The van der Waals surface area contributed by atoms with Crippen LogP contribution in [0.15, 0.2) is 78.9 Å². The zero-order valence-corrected chi connectivity index (χ0v) is 19.8. The number of likely N-dealkylation sites (N-methyl/N-ethyl adjacent to an activating group) is 1. The van der Waals surface area contributed by atoms with Gasteiger partial charge < -0.3 is 14.7 Å². The maximum Gasteiger partial charge on any atom is 0.119 e. The molecule has 1 aliphatic heterocycles. The van der Waals surface area contributed by atoms with Crippen LogP contribution in [0.3, 0.4) is 0 Å². The molecule has 2 unspecified atom stereocenters. The van der Waals surface area contributed by atoms with E-state index in [1.54, 1.807) is 0 Å². The highest BCUT2D eigenvalue weighted by molar-refractivity contribution is 5.98. The van der Waals surface area contributed by atoms with E-state index in [-0.39, 0.29) is 6.61 Å². The normalized spacial score (nSPS) is 18.0. The Hall–Kier alpha value is -2.88. The Bertz CT molecular complexity index is 1040. The molecule has 0 radical (unpaired) electrons. The zero-order valence-electron chi connectivity index (χ0n) is 19.8. The van der Waals surface area contributed by atoms with E-state index in [1.807, 2.05) is 6.07 Å². The molecule has 1 heterocycles. The maximum absolute atomic E-state index is 9.57. The van der Waals surface area contributed by atoms with E-state index >= 15 is 0 Å². The highest BCUT2D eigenvalue weighted by Crippen LogP contribution is 2.36. The van der Waals surface area contributed by atoms with Gasteiger partial charge in [-0.2, -0.15) is 0 Å². The first-order chi connectivity index (χ1) is 16.2. The van der Waals surface area contributed by atoms with Crippen molar-refractivity contribution in [3.05, 3.63) is 101 Å². The van der Waals surface area contributed by atoms with E-state index < -0.39 is 0 Å². The first-order valence-corrected chi connectivity index (χ1v) is 12.1. The molecule has 1 aliphatic rings. The van der Waals surface area contributed by atoms with Gasteiger partial charge in [0.05, 0.1) is 6.61 Å². The van der Waals surface area contributed by atoms with Crippen LogP contribution in [0.25, 0.3) is 11.1 Å². The van der Waals surface area contributed by atoms with Crippen molar-refractivity contribution in [2.45, 2.75) is 38.6 Å². The van der Waals surface area contributed by atoms with E-state index in [4.69, 9.17) is 4.74 Å². The Morgan fingerprint density at radius 1 is 0.879 bits per heavy atom. The van der Waals surface area contributed by atoms with Gasteiger partial charge in [-0.1, -0.05) is 72.3 Å². The third kappa shape index (κ3) is 6.34. The molecule has 3 aromatic rings. The number of aliphatic hydroxyl groups excluding tert-OH is 1. The first kappa shape index (κ1) is 23.3. The van der Waals surface area contributed by atoms with Crippen LogP contribution >= 0.6 is 0 Å². The van der Waals surface area contributed by atoms with Crippen molar-refractivity contribution in [2.24, 2.45) is 0 Å². The van der Waals surface area contributed by atoms with E-state index in [1.165, 1.54) is 46.4 Å². The number of benzene rings is 3. The number of ether oxygens (including phenoxy) is 1. The van der Waals surface area contributed by atoms with Crippen LogP contribution in [-0.4, -0.2) is 42.9 Å². The van der Waals surface area contributed by atoms with Crippen LogP contribution < -0.4 is 4.74 Å². The van der Waals surface area contributed by atoms with Crippen molar-refractivity contribution < 1.29 is 9.84 Å². The quantitative estimate of drug-likeness (QED) is 0.218. The molecule has 1 N–H and O–H groups in total. The second-order valence-electron chi connectivity index (χ2n) is 9.02. The van der Waals surface area contributed by atoms with Gasteiger partial charge in [0.1, 0.15) is 5.75 Å². The summed E-state index contributed by atoms with van der Waals surface area (Å²) in [4.78, 5) is 2.37. The van der Waals surface area contributed by atoms with Crippen LogP contribution in [0, 0.1) is 6.92 Å². The van der Waals surface area contributed by atoms with Gasteiger partial charge in [-0.05, 0) is 79.6 Å². The predicted molar refractivity (Wildman–Crippen MR) is 137 cm³/mol. The number of rotatable bonds is 11. The molecule has 3 aromatic carbocycles. The summed E-state index contributed by atoms with van der Waals surface area (Å²) in [6.45, 7) is 4.28. The summed E-state index contributed by atoms with van der Waals surface area (Å²) in [5.74, 6) is 0.919. The van der Waals surface area contributed by atoms with Gasteiger partial charge in [0.25, 0.3) is 0 Å². The minimum absolute atomic E-state index is 0.181. The molecule has 0 amide bonds. The summed E-state index contributed by atoms with van der Waals surface area (Å²) in [5.41, 5.74) is 7.29. The average Bonchev–Trinajstić information content (AvgIpc) is 3.56.